The van der Waals surface area contributed by atoms with Gasteiger partial charge in [0.1, 0.15) is 12.0 Å². The summed E-state index contributed by atoms with van der Waals surface area (Å²) in [6, 6.07) is 11.0. The van der Waals surface area contributed by atoms with E-state index in [1.54, 1.807) is 17.0 Å². The monoisotopic (exact) mass is 438 g/mol. The van der Waals surface area contributed by atoms with Gasteiger partial charge < -0.3 is 26.4 Å². The minimum absolute atomic E-state index is 0.150. The lowest BCUT2D eigenvalue weighted by atomic mass is 10.1. The summed E-state index contributed by atoms with van der Waals surface area (Å²) in [4.78, 5) is 34.7. The second kappa shape index (κ2) is 11.7. The van der Waals surface area contributed by atoms with Gasteiger partial charge in [-0.3, -0.25) is 14.4 Å². The number of primary amides is 1. The van der Waals surface area contributed by atoms with Crippen LogP contribution in [0.15, 0.2) is 43.0 Å². The van der Waals surface area contributed by atoms with Gasteiger partial charge in [0.25, 0.3) is 5.91 Å². The van der Waals surface area contributed by atoms with E-state index in [4.69, 9.17) is 16.2 Å². The van der Waals surface area contributed by atoms with Crippen molar-refractivity contribution in [3.63, 3.8) is 0 Å². The van der Waals surface area contributed by atoms with Crippen LogP contribution in [0, 0.1) is 6.92 Å². The van der Waals surface area contributed by atoms with Crippen LogP contribution < -0.4 is 26.4 Å². The number of rotatable bonds is 8. The number of nitrogens with zero attached hydrogens (tertiary/aromatic N) is 1. The summed E-state index contributed by atoms with van der Waals surface area (Å²) in [7, 11) is 1.83. The predicted molar refractivity (Wildman–Crippen MR) is 125 cm³/mol. The highest BCUT2D eigenvalue weighted by atomic mass is 16.5. The van der Waals surface area contributed by atoms with E-state index in [0.29, 0.717) is 30.0 Å². The molecule has 170 valence electrons. The molecule has 0 aliphatic carbocycles. The van der Waals surface area contributed by atoms with E-state index in [1.165, 1.54) is 0 Å². The zero-order chi connectivity index (χ0) is 23.7. The highest BCUT2D eigenvalue weighted by Gasteiger charge is 2.21. The Morgan fingerprint density at radius 1 is 1.25 bits per heavy atom. The number of aldehydes is 1. The van der Waals surface area contributed by atoms with E-state index < -0.39 is 5.91 Å². The van der Waals surface area contributed by atoms with Crippen molar-refractivity contribution < 1.29 is 19.1 Å². The van der Waals surface area contributed by atoms with Crippen LogP contribution >= 0.6 is 0 Å². The number of carbonyl (C=O) groups excluding carboxylic acids is 3. The van der Waals surface area contributed by atoms with E-state index >= 15 is 0 Å². The number of ether oxygens (including phenoxy) is 1. The largest absolute Gasteiger partial charge is 0.483 e. The van der Waals surface area contributed by atoms with Crippen molar-refractivity contribution in [2.45, 2.75) is 26.3 Å². The first-order valence-electron chi connectivity index (χ1n) is 10.3. The highest BCUT2D eigenvalue weighted by molar-refractivity contribution is 5.96. The second-order valence-electron chi connectivity index (χ2n) is 7.50. The van der Waals surface area contributed by atoms with Gasteiger partial charge in [-0.05, 0) is 50.2 Å². The van der Waals surface area contributed by atoms with Gasteiger partial charge in [-0.15, -0.1) is 0 Å². The third-order valence-electron chi connectivity index (χ3n) is 4.78. The molecule has 1 heterocycles. The van der Waals surface area contributed by atoms with Crippen LogP contribution in [-0.2, 0) is 16.1 Å². The number of benzene rings is 2. The molecule has 2 aromatic rings. The highest BCUT2D eigenvalue weighted by Crippen LogP contribution is 2.24. The number of anilines is 1. The molecule has 1 fully saturated rings. The number of aryl methyl sites for hydroxylation is 1. The summed E-state index contributed by atoms with van der Waals surface area (Å²) < 4.78 is 5.33. The molecular formula is C24H30N4O4. The molecule has 0 atom stereocenters. The smallest absolute Gasteiger partial charge is 0.255 e. The first-order chi connectivity index (χ1) is 15.2. The predicted octanol–water partition coefficient (Wildman–Crippen LogP) is 2.13. The normalized spacial score (nSPS) is 12.7. The summed E-state index contributed by atoms with van der Waals surface area (Å²) in [5, 5.41) is 3.01. The molecule has 2 amide bonds. The first-order valence-corrected chi connectivity index (χ1v) is 10.3. The van der Waals surface area contributed by atoms with Gasteiger partial charge in [0, 0.05) is 47.6 Å². The lowest BCUT2D eigenvalue weighted by Gasteiger charge is -2.16. The molecule has 8 nitrogen and oxygen atoms in total. The van der Waals surface area contributed by atoms with Crippen molar-refractivity contribution >= 4 is 29.5 Å². The molecule has 1 aliphatic heterocycles. The average Bonchev–Trinajstić information content (AvgIpc) is 3.19. The Morgan fingerprint density at radius 2 is 2.00 bits per heavy atom. The molecule has 0 saturated carbocycles. The van der Waals surface area contributed by atoms with Crippen molar-refractivity contribution in [1.82, 2.24) is 5.32 Å². The lowest BCUT2D eigenvalue weighted by molar-refractivity contribution is -0.120. The number of nitrogens with one attached hydrogen (secondary N) is 1. The number of nitrogens with two attached hydrogens (primary N) is 2. The second-order valence-corrected chi connectivity index (χ2v) is 7.50. The summed E-state index contributed by atoms with van der Waals surface area (Å²) in [5.41, 5.74) is 15.3. The minimum Gasteiger partial charge on any atom is -0.483 e. The van der Waals surface area contributed by atoms with E-state index in [2.05, 4.69) is 11.9 Å². The number of amides is 2. The van der Waals surface area contributed by atoms with Crippen molar-refractivity contribution in [3.8, 4) is 5.75 Å². The van der Waals surface area contributed by atoms with Gasteiger partial charge in [-0.1, -0.05) is 18.7 Å². The molecule has 0 spiro atoms. The Labute approximate surface area is 188 Å². The van der Waals surface area contributed by atoms with Crippen LogP contribution in [0.5, 0.6) is 5.75 Å². The van der Waals surface area contributed by atoms with Crippen molar-refractivity contribution in [2.75, 3.05) is 25.1 Å². The fourth-order valence-corrected chi connectivity index (χ4v) is 3.31. The summed E-state index contributed by atoms with van der Waals surface area (Å²) in [6.07, 6.45) is 2.34. The fourth-order valence-electron chi connectivity index (χ4n) is 3.31. The Morgan fingerprint density at radius 3 is 2.56 bits per heavy atom. The molecule has 1 aliphatic rings. The Bertz CT molecular complexity index is 1000. The molecule has 8 heteroatoms. The standard InChI is InChI=1S/C12H17N3O2.C12H13NO2/c1-8(13)9-3-4-10(6-15-2)11(5-9)17-7-12(14)16;1-9-5-10(8-14)7-11(6-9)13-4-2-3-12(13)15/h3-5,15H,1,6-7,13H2,2H3,(H2,14,16);5-8H,2-4H2,1H3. The Hall–Kier alpha value is -3.65. The number of hydrogen-bond donors (Lipinski definition) is 3. The van der Waals surface area contributed by atoms with Gasteiger partial charge in [-0.2, -0.15) is 0 Å². The van der Waals surface area contributed by atoms with E-state index in [-0.39, 0.29) is 12.5 Å². The third kappa shape index (κ3) is 6.95. The first kappa shape index (κ1) is 24.6. The van der Waals surface area contributed by atoms with Crippen LogP contribution in [-0.4, -0.2) is 38.3 Å². The molecule has 1 saturated heterocycles. The number of hydrogen-bond acceptors (Lipinski definition) is 6. The minimum atomic E-state index is -0.516. The average molecular weight is 439 g/mol. The van der Waals surface area contributed by atoms with E-state index in [1.807, 2.05) is 38.2 Å². The number of carbonyl (C=O) groups is 3. The van der Waals surface area contributed by atoms with Crippen LogP contribution in [0.1, 0.15) is 39.9 Å². The van der Waals surface area contributed by atoms with Crippen LogP contribution in [0.2, 0.25) is 0 Å². The topological polar surface area (TPSA) is 128 Å². The summed E-state index contributed by atoms with van der Waals surface area (Å²) in [6.45, 7) is 6.82. The molecule has 2 aromatic carbocycles. The summed E-state index contributed by atoms with van der Waals surface area (Å²) >= 11 is 0. The molecular weight excluding hydrogens is 408 g/mol. The molecule has 5 N–H and O–H groups in total. The Kier molecular flexibility index (Phi) is 8.97. The molecule has 0 radical (unpaired) electrons. The van der Waals surface area contributed by atoms with E-state index in [9.17, 15) is 14.4 Å². The lowest BCUT2D eigenvalue weighted by Crippen LogP contribution is -2.23. The zero-order valence-corrected chi connectivity index (χ0v) is 18.5. The molecule has 3 rings (SSSR count). The van der Waals surface area contributed by atoms with Crippen LogP contribution in [0.3, 0.4) is 0 Å². The maximum Gasteiger partial charge on any atom is 0.255 e. The Balaban J connectivity index is 0.000000228. The molecule has 0 bridgehead atoms. The van der Waals surface area contributed by atoms with Gasteiger partial charge in [-0.25, -0.2) is 0 Å². The summed E-state index contributed by atoms with van der Waals surface area (Å²) in [5.74, 6) is 0.220. The van der Waals surface area contributed by atoms with Crippen molar-refractivity contribution in [3.05, 3.63) is 65.2 Å². The molecule has 0 unspecified atom stereocenters. The van der Waals surface area contributed by atoms with Gasteiger partial charge in [0.15, 0.2) is 6.61 Å². The fraction of sp³-hybridized carbons (Fsp3) is 0.292. The van der Waals surface area contributed by atoms with Gasteiger partial charge in [0.05, 0.1) is 0 Å². The third-order valence-corrected chi connectivity index (χ3v) is 4.78. The maximum atomic E-state index is 11.5. The molecule has 0 aromatic heterocycles. The van der Waals surface area contributed by atoms with Crippen LogP contribution in [0.25, 0.3) is 5.70 Å². The van der Waals surface area contributed by atoms with Crippen molar-refractivity contribution in [1.29, 1.82) is 0 Å². The van der Waals surface area contributed by atoms with Crippen LogP contribution in [0.4, 0.5) is 5.69 Å². The maximum absolute atomic E-state index is 11.5. The van der Waals surface area contributed by atoms with Crippen molar-refractivity contribution in [2.24, 2.45) is 11.5 Å². The quantitative estimate of drug-likeness (QED) is 0.542. The zero-order valence-electron chi connectivity index (χ0n) is 18.5. The SMILES string of the molecule is C=C(N)c1ccc(CNC)c(OCC(N)=O)c1.Cc1cc(C=O)cc(N2CCCC2=O)c1. The van der Waals surface area contributed by atoms with Gasteiger partial charge in [0.2, 0.25) is 5.91 Å². The van der Waals surface area contributed by atoms with E-state index in [0.717, 1.165) is 41.6 Å². The molecule has 32 heavy (non-hydrogen) atoms. The van der Waals surface area contributed by atoms with Gasteiger partial charge >= 0.3 is 0 Å².